The molecule has 5 nitrogen and oxygen atoms in total. The highest BCUT2D eigenvalue weighted by molar-refractivity contribution is 5.90. The highest BCUT2D eigenvalue weighted by atomic mass is 19.1. The smallest absolute Gasteiger partial charge is 0.340 e. The standard InChI is InChI=1S/C15H20FNO4/c1-4-21-13-8-12(14(13)19-2)17-9-5-6-11(16)10(7-9)15(18)20-3/h5-7,12-14,17H,4,8H2,1-3H3. The minimum absolute atomic E-state index is 0.0587. The lowest BCUT2D eigenvalue weighted by Crippen LogP contribution is -2.56. The second-order valence-electron chi connectivity index (χ2n) is 4.87. The van der Waals surface area contributed by atoms with Gasteiger partial charge in [0.25, 0.3) is 0 Å². The van der Waals surface area contributed by atoms with E-state index in [1.54, 1.807) is 13.2 Å². The van der Waals surface area contributed by atoms with Crippen LogP contribution in [0.25, 0.3) is 0 Å². The van der Waals surface area contributed by atoms with Gasteiger partial charge in [-0.1, -0.05) is 0 Å². The number of esters is 1. The van der Waals surface area contributed by atoms with Gasteiger partial charge in [0.2, 0.25) is 0 Å². The summed E-state index contributed by atoms with van der Waals surface area (Å²) in [5.41, 5.74) is 0.566. The predicted octanol–water partition coefficient (Wildman–Crippen LogP) is 2.22. The van der Waals surface area contributed by atoms with Crippen LogP contribution in [0.15, 0.2) is 18.2 Å². The molecule has 3 atom stereocenters. The average Bonchev–Trinajstić information content (AvgIpc) is 2.47. The maximum absolute atomic E-state index is 13.6. The third-order valence-electron chi connectivity index (χ3n) is 3.63. The number of hydrogen-bond acceptors (Lipinski definition) is 5. The van der Waals surface area contributed by atoms with Crippen LogP contribution in [-0.4, -0.2) is 45.0 Å². The van der Waals surface area contributed by atoms with Crippen LogP contribution in [0.1, 0.15) is 23.7 Å². The number of carbonyl (C=O) groups excluding carboxylic acids is 1. The van der Waals surface area contributed by atoms with Crippen molar-refractivity contribution in [2.75, 3.05) is 26.1 Å². The summed E-state index contributed by atoms with van der Waals surface area (Å²) in [6.45, 7) is 2.58. The summed E-state index contributed by atoms with van der Waals surface area (Å²) in [6, 6.07) is 4.35. The van der Waals surface area contributed by atoms with Gasteiger partial charge in [-0.05, 0) is 31.5 Å². The van der Waals surface area contributed by atoms with Crippen LogP contribution in [-0.2, 0) is 14.2 Å². The van der Waals surface area contributed by atoms with E-state index >= 15 is 0 Å². The summed E-state index contributed by atoms with van der Waals surface area (Å²) in [4.78, 5) is 11.5. The van der Waals surface area contributed by atoms with Gasteiger partial charge < -0.3 is 19.5 Å². The Bertz CT molecular complexity index is 508. The van der Waals surface area contributed by atoms with Gasteiger partial charge in [-0.3, -0.25) is 0 Å². The molecular weight excluding hydrogens is 277 g/mol. The Kier molecular flexibility index (Phi) is 5.14. The van der Waals surface area contributed by atoms with E-state index in [2.05, 4.69) is 10.1 Å². The van der Waals surface area contributed by atoms with Gasteiger partial charge in [-0.25, -0.2) is 9.18 Å². The molecule has 6 heteroatoms. The van der Waals surface area contributed by atoms with Crippen LogP contribution in [0.3, 0.4) is 0 Å². The van der Waals surface area contributed by atoms with E-state index < -0.39 is 11.8 Å². The van der Waals surface area contributed by atoms with Gasteiger partial charge in [-0.2, -0.15) is 0 Å². The average molecular weight is 297 g/mol. The number of rotatable bonds is 6. The van der Waals surface area contributed by atoms with E-state index in [0.717, 1.165) is 6.42 Å². The van der Waals surface area contributed by atoms with Crippen molar-refractivity contribution in [1.29, 1.82) is 0 Å². The molecule has 2 rings (SSSR count). The maximum atomic E-state index is 13.6. The molecule has 1 aliphatic carbocycles. The van der Waals surface area contributed by atoms with E-state index in [0.29, 0.717) is 12.3 Å². The van der Waals surface area contributed by atoms with Crippen LogP contribution in [0.2, 0.25) is 0 Å². The van der Waals surface area contributed by atoms with E-state index in [4.69, 9.17) is 9.47 Å². The first-order valence-electron chi connectivity index (χ1n) is 6.89. The number of hydrogen-bond donors (Lipinski definition) is 1. The summed E-state index contributed by atoms with van der Waals surface area (Å²) >= 11 is 0. The molecule has 0 aliphatic heterocycles. The molecule has 0 heterocycles. The molecule has 0 radical (unpaired) electrons. The molecule has 21 heavy (non-hydrogen) atoms. The second-order valence-corrected chi connectivity index (χ2v) is 4.87. The fourth-order valence-electron chi connectivity index (χ4n) is 2.51. The van der Waals surface area contributed by atoms with Gasteiger partial charge in [0.1, 0.15) is 11.9 Å². The Morgan fingerprint density at radius 3 is 2.81 bits per heavy atom. The number of benzene rings is 1. The number of ether oxygens (including phenoxy) is 3. The van der Waals surface area contributed by atoms with Crippen LogP contribution in [0.4, 0.5) is 10.1 Å². The quantitative estimate of drug-likeness (QED) is 0.816. The van der Waals surface area contributed by atoms with Crippen molar-refractivity contribution in [3.8, 4) is 0 Å². The first-order valence-corrected chi connectivity index (χ1v) is 6.89. The SMILES string of the molecule is CCOC1CC(Nc2ccc(F)c(C(=O)OC)c2)C1OC. The maximum Gasteiger partial charge on any atom is 0.340 e. The van der Waals surface area contributed by atoms with Gasteiger partial charge >= 0.3 is 5.97 Å². The minimum Gasteiger partial charge on any atom is -0.465 e. The minimum atomic E-state index is -0.694. The third kappa shape index (κ3) is 3.33. The van der Waals surface area contributed by atoms with Gasteiger partial charge in [0, 0.05) is 19.4 Å². The number of methoxy groups -OCH3 is 2. The Balaban J connectivity index is 2.05. The number of carbonyl (C=O) groups is 1. The molecule has 1 aromatic rings. The van der Waals surface area contributed by atoms with E-state index in [1.807, 2.05) is 6.92 Å². The van der Waals surface area contributed by atoms with Crippen molar-refractivity contribution in [2.45, 2.75) is 31.6 Å². The molecule has 3 unspecified atom stereocenters. The lowest BCUT2D eigenvalue weighted by molar-refractivity contribution is -0.118. The van der Waals surface area contributed by atoms with E-state index in [1.165, 1.54) is 19.2 Å². The van der Waals surface area contributed by atoms with Crippen LogP contribution in [0, 0.1) is 5.82 Å². The number of anilines is 1. The molecule has 0 amide bonds. The van der Waals surface area contributed by atoms with Crippen molar-refractivity contribution in [1.82, 2.24) is 0 Å². The molecule has 1 aromatic carbocycles. The Morgan fingerprint density at radius 1 is 1.43 bits per heavy atom. The fraction of sp³-hybridized carbons (Fsp3) is 0.533. The molecule has 1 N–H and O–H groups in total. The Labute approximate surface area is 123 Å². The van der Waals surface area contributed by atoms with Gasteiger partial charge in [0.05, 0.1) is 24.8 Å². The van der Waals surface area contributed by atoms with Crippen LogP contribution >= 0.6 is 0 Å². The van der Waals surface area contributed by atoms with Crippen molar-refractivity contribution in [3.05, 3.63) is 29.6 Å². The molecule has 1 fully saturated rings. The van der Waals surface area contributed by atoms with Crippen molar-refractivity contribution in [3.63, 3.8) is 0 Å². The van der Waals surface area contributed by atoms with E-state index in [-0.39, 0.29) is 23.8 Å². The highest BCUT2D eigenvalue weighted by Crippen LogP contribution is 2.30. The zero-order valence-electron chi connectivity index (χ0n) is 12.4. The molecule has 1 saturated carbocycles. The van der Waals surface area contributed by atoms with Gasteiger partial charge in [0.15, 0.2) is 0 Å². The zero-order chi connectivity index (χ0) is 15.4. The van der Waals surface area contributed by atoms with Crippen molar-refractivity contribution < 1.29 is 23.4 Å². The Morgan fingerprint density at radius 2 is 2.19 bits per heavy atom. The van der Waals surface area contributed by atoms with E-state index in [9.17, 15) is 9.18 Å². The van der Waals surface area contributed by atoms with Crippen LogP contribution in [0.5, 0.6) is 0 Å². The number of halogens is 1. The first kappa shape index (κ1) is 15.7. The summed E-state index contributed by atoms with van der Waals surface area (Å²) in [7, 11) is 2.86. The molecule has 1 aliphatic rings. The molecular formula is C15H20FNO4. The zero-order valence-corrected chi connectivity index (χ0v) is 12.4. The van der Waals surface area contributed by atoms with Crippen molar-refractivity contribution >= 4 is 11.7 Å². The largest absolute Gasteiger partial charge is 0.465 e. The summed E-state index contributed by atoms with van der Waals surface area (Å²) in [6.07, 6.45) is 0.812. The van der Waals surface area contributed by atoms with Gasteiger partial charge in [-0.15, -0.1) is 0 Å². The predicted molar refractivity (Wildman–Crippen MR) is 76.0 cm³/mol. The lowest BCUT2D eigenvalue weighted by atomic mass is 9.85. The molecule has 0 bridgehead atoms. The second kappa shape index (κ2) is 6.87. The third-order valence-corrected chi connectivity index (χ3v) is 3.63. The highest BCUT2D eigenvalue weighted by Gasteiger charge is 2.42. The number of nitrogens with one attached hydrogen (secondary N) is 1. The molecule has 0 saturated heterocycles. The summed E-state index contributed by atoms with van der Waals surface area (Å²) in [5, 5.41) is 3.23. The Hall–Kier alpha value is -1.66. The monoisotopic (exact) mass is 297 g/mol. The summed E-state index contributed by atoms with van der Waals surface area (Å²) in [5.74, 6) is -1.29. The van der Waals surface area contributed by atoms with Crippen molar-refractivity contribution in [2.24, 2.45) is 0 Å². The first-order chi connectivity index (χ1) is 10.1. The normalized spacial score (nSPS) is 24.3. The molecule has 0 spiro atoms. The molecule has 116 valence electrons. The fourth-order valence-corrected chi connectivity index (χ4v) is 2.51. The summed E-state index contributed by atoms with van der Waals surface area (Å²) < 4.78 is 29.1. The molecule has 0 aromatic heterocycles. The topological polar surface area (TPSA) is 56.8 Å². The van der Waals surface area contributed by atoms with Crippen LogP contribution < -0.4 is 5.32 Å². The lowest BCUT2D eigenvalue weighted by Gasteiger charge is -2.43.